The Bertz CT molecular complexity index is 969. The van der Waals surface area contributed by atoms with Gasteiger partial charge in [0.05, 0.1) is 12.6 Å². The van der Waals surface area contributed by atoms with E-state index in [-0.39, 0.29) is 12.2 Å². The van der Waals surface area contributed by atoms with Crippen LogP contribution in [0.4, 0.5) is 8.78 Å². The maximum atomic E-state index is 13.6. The van der Waals surface area contributed by atoms with Gasteiger partial charge in [-0.15, -0.1) is 0 Å². The van der Waals surface area contributed by atoms with E-state index in [1.54, 1.807) is 0 Å². The van der Waals surface area contributed by atoms with Crippen molar-refractivity contribution >= 4 is 22.8 Å². The van der Waals surface area contributed by atoms with E-state index in [2.05, 4.69) is 5.32 Å². The van der Waals surface area contributed by atoms with Crippen molar-refractivity contribution in [1.29, 1.82) is 0 Å². The Morgan fingerprint density at radius 1 is 1.04 bits per heavy atom. The van der Waals surface area contributed by atoms with E-state index in [9.17, 15) is 18.7 Å². The molecule has 1 amide bonds. The van der Waals surface area contributed by atoms with Gasteiger partial charge >= 0.3 is 0 Å². The molecule has 0 aliphatic rings. The van der Waals surface area contributed by atoms with Crippen molar-refractivity contribution in [2.24, 2.45) is 0 Å². The van der Waals surface area contributed by atoms with Crippen molar-refractivity contribution in [3.05, 3.63) is 89.5 Å². The number of benzene rings is 3. The molecule has 26 heavy (non-hydrogen) atoms. The highest BCUT2D eigenvalue weighted by molar-refractivity contribution is 5.92. The quantitative estimate of drug-likeness (QED) is 0.682. The molecule has 0 aliphatic heterocycles. The van der Waals surface area contributed by atoms with Gasteiger partial charge in [0.15, 0.2) is 0 Å². The van der Waals surface area contributed by atoms with E-state index in [0.29, 0.717) is 0 Å². The van der Waals surface area contributed by atoms with Gasteiger partial charge in [0.2, 0.25) is 5.91 Å². The van der Waals surface area contributed by atoms with Crippen molar-refractivity contribution in [3.8, 4) is 0 Å². The van der Waals surface area contributed by atoms with Crippen molar-refractivity contribution in [2.45, 2.75) is 6.04 Å². The molecule has 0 spiro atoms. The molecule has 5 heteroatoms. The van der Waals surface area contributed by atoms with Crippen LogP contribution in [0.2, 0.25) is 0 Å². The van der Waals surface area contributed by atoms with Crippen molar-refractivity contribution in [1.82, 2.24) is 5.32 Å². The molecular weight excluding hydrogens is 336 g/mol. The maximum absolute atomic E-state index is 13.6. The lowest BCUT2D eigenvalue weighted by molar-refractivity contribution is -0.117. The van der Waals surface area contributed by atoms with Gasteiger partial charge in [-0.2, -0.15) is 0 Å². The standard InChI is InChI=1S/C21H17F2NO2/c22-18-9-7-15(19(23)12-18)8-10-21(26)24-20(13-25)17-6-5-14-3-1-2-4-16(14)11-17/h1-12,20,25H,13H2,(H,24,26). The van der Waals surface area contributed by atoms with E-state index in [4.69, 9.17) is 0 Å². The molecule has 3 aromatic carbocycles. The molecule has 3 aromatic rings. The minimum atomic E-state index is -0.748. The fourth-order valence-corrected chi connectivity index (χ4v) is 2.68. The predicted octanol–water partition coefficient (Wildman–Crippen LogP) is 3.98. The Hall–Kier alpha value is -3.05. The number of carbonyl (C=O) groups excluding carboxylic acids is 1. The summed E-state index contributed by atoms with van der Waals surface area (Å²) in [5, 5.41) is 14.4. The number of amides is 1. The average molecular weight is 353 g/mol. The summed E-state index contributed by atoms with van der Waals surface area (Å²) in [6.45, 7) is -0.275. The summed E-state index contributed by atoms with van der Waals surface area (Å²) in [5.74, 6) is -1.91. The molecule has 0 radical (unpaired) electrons. The smallest absolute Gasteiger partial charge is 0.244 e. The number of aliphatic hydroxyl groups is 1. The van der Waals surface area contributed by atoms with E-state index >= 15 is 0 Å². The Kier molecular flexibility index (Phi) is 5.39. The molecule has 3 rings (SSSR count). The molecule has 1 unspecified atom stereocenters. The topological polar surface area (TPSA) is 49.3 Å². The van der Waals surface area contributed by atoms with Crippen LogP contribution in [0.5, 0.6) is 0 Å². The number of aliphatic hydroxyl groups excluding tert-OH is 1. The summed E-state index contributed by atoms with van der Waals surface area (Å²) in [5.41, 5.74) is 0.869. The number of fused-ring (bicyclic) bond motifs is 1. The first-order chi connectivity index (χ1) is 12.6. The lowest BCUT2D eigenvalue weighted by atomic mass is 10.0. The van der Waals surface area contributed by atoms with E-state index in [0.717, 1.165) is 34.5 Å². The highest BCUT2D eigenvalue weighted by atomic mass is 19.1. The largest absolute Gasteiger partial charge is 0.394 e. The summed E-state index contributed by atoms with van der Waals surface area (Å²) in [6.07, 6.45) is 2.42. The van der Waals surface area contributed by atoms with Gasteiger partial charge in [0, 0.05) is 17.7 Å². The molecule has 0 aromatic heterocycles. The summed E-state index contributed by atoms with van der Waals surface area (Å²) < 4.78 is 26.5. The van der Waals surface area contributed by atoms with Gasteiger partial charge in [-0.25, -0.2) is 8.78 Å². The van der Waals surface area contributed by atoms with Crippen LogP contribution in [0, 0.1) is 11.6 Å². The fourth-order valence-electron chi connectivity index (χ4n) is 2.68. The van der Waals surface area contributed by atoms with Gasteiger partial charge in [0.25, 0.3) is 0 Å². The number of carbonyl (C=O) groups is 1. The van der Waals surface area contributed by atoms with Crippen LogP contribution in [0.1, 0.15) is 17.2 Å². The van der Waals surface area contributed by atoms with Crippen LogP contribution in [0.25, 0.3) is 16.8 Å². The molecule has 0 saturated heterocycles. The molecule has 1 atom stereocenters. The molecule has 0 bridgehead atoms. The third-order valence-electron chi connectivity index (χ3n) is 4.05. The van der Waals surface area contributed by atoms with Crippen LogP contribution in [-0.2, 0) is 4.79 Å². The summed E-state index contributed by atoms with van der Waals surface area (Å²) in [7, 11) is 0. The van der Waals surface area contributed by atoms with Crippen LogP contribution in [0.3, 0.4) is 0 Å². The van der Waals surface area contributed by atoms with Gasteiger partial charge in [-0.05, 0) is 40.6 Å². The minimum absolute atomic E-state index is 0.104. The van der Waals surface area contributed by atoms with Crippen molar-refractivity contribution in [2.75, 3.05) is 6.61 Å². The monoisotopic (exact) mass is 353 g/mol. The van der Waals surface area contributed by atoms with Crippen LogP contribution in [-0.4, -0.2) is 17.6 Å². The third kappa shape index (κ3) is 4.13. The zero-order valence-electron chi connectivity index (χ0n) is 13.8. The van der Waals surface area contributed by atoms with E-state index < -0.39 is 23.6 Å². The Balaban J connectivity index is 1.74. The van der Waals surface area contributed by atoms with Crippen LogP contribution in [0.15, 0.2) is 66.7 Å². The first-order valence-corrected chi connectivity index (χ1v) is 8.10. The predicted molar refractivity (Wildman–Crippen MR) is 97.3 cm³/mol. The molecule has 132 valence electrons. The van der Waals surface area contributed by atoms with Crippen molar-refractivity contribution in [3.63, 3.8) is 0 Å². The molecule has 0 fully saturated rings. The lowest BCUT2D eigenvalue weighted by Crippen LogP contribution is -2.29. The fraction of sp³-hybridized carbons (Fsp3) is 0.0952. The first kappa shape index (κ1) is 17.8. The van der Waals surface area contributed by atoms with Gasteiger partial charge < -0.3 is 10.4 Å². The summed E-state index contributed by atoms with van der Waals surface area (Å²) >= 11 is 0. The zero-order chi connectivity index (χ0) is 18.5. The van der Waals surface area contributed by atoms with Crippen LogP contribution < -0.4 is 5.32 Å². The molecule has 0 heterocycles. The van der Waals surface area contributed by atoms with Crippen LogP contribution >= 0.6 is 0 Å². The second-order valence-corrected chi connectivity index (χ2v) is 5.85. The number of halogens is 2. The maximum Gasteiger partial charge on any atom is 0.244 e. The summed E-state index contributed by atoms with van der Waals surface area (Å²) in [6, 6.07) is 16.0. The number of hydrogen-bond acceptors (Lipinski definition) is 2. The summed E-state index contributed by atoms with van der Waals surface area (Å²) in [4.78, 5) is 12.1. The molecule has 0 aliphatic carbocycles. The van der Waals surface area contributed by atoms with E-state index in [1.807, 2.05) is 42.5 Å². The number of rotatable bonds is 5. The Morgan fingerprint density at radius 3 is 2.54 bits per heavy atom. The van der Waals surface area contributed by atoms with Crippen molar-refractivity contribution < 1.29 is 18.7 Å². The second kappa shape index (κ2) is 7.89. The second-order valence-electron chi connectivity index (χ2n) is 5.85. The molecule has 2 N–H and O–H groups in total. The lowest BCUT2D eigenvalue weighted by Gasteiger charge is -2.16. The average Bonchev–Trinajstić information content (AvgIpc) is 2.65. The SMILES string of the molecule is O=C(C=Cc1ccc(F)cc1F)NC(CO)c1ccc2ccccc2c1. The Morgan fingerprint density at radius 2 is 1.81 bits per heavy atom. The molecule has 0 saturated carbocycles. The third-order valence-corrected chi connectivity index (χ3v) is 4.05. The van der Waals surface area contributed by atoms with Gasteiger partial charge in [-0.3, -0.25) is 4.79 Å². The van der Waals surface area contributed by atoms with Gasteiger partial charge in [-0.1, -0.05) is 36.4 Å². The van der Waals surface area contributed by atoms with E-state index in [1.165, 1.54) is 12.1 Å². The first-order valence-electron chi connectivity index (χ1n) is 8.10. The highest BCUT2D eigenvalue weighted by Gasteiger charge is 2.13. The highest BCUT2D eigenvalue weighted by Crippen LogP contribution is 2.20. The molecular formula is C21H17F2NO2. The normalized spacial score (nSPS) is 12.4. The Labute approximate surface area is 149 Å². The minimum Gasteiger partial charge on any atom is -0.394 e. The van der Waals surface area contributed by atoms with Gasteiger partial charge in [0.1, 0.15) is 11.6 Å². The number of hydrogen-bond donors (Lipinski definition) is 2. The number of nitrogens with one attached hydrogen (secondary N) is 1. The molecule has 3 nitrogen and oxygen atoms in total. The zero-order valence-corrected chi connectivity index (χ0v) is 13.8.